The Kier molecular flexibility index (Phi) is 25.2. The van der Waals surface area contributed by atoms with Gasteiger partial charge < -0.3 is 21.4 Å². The monoisotopic (exact) mass is 656 g/mol. The average molecular weight is 656 g/mol. The molecule has 3 radical (unpaired) electrons. The van der Waals surface area contributed by atoms with E-state index in [1.54, 1.807) is 6.08 Å². The Morgan fingerprint density at radius 3 is 2.39 bits per heavy atom. The van der Waals surface area contributed by atoms with E-state index >= 15 is 0 Å². The van der Waals surface area contributed by atoms with E-state index in [2.05, 4.69) is 38.0 Å². The molecule has 0 aliphatic rings. The smallest absolute Gasteiger partial charge is 0.305 e. The van der Waals surface area contributed by atoms with Crippen LogP contribution in [0, 0.1) is 6.42 Å². The van der Waals surface area contributed by atoms with Crippen molar-refractivity contribution in [1.82, 2.24) is 0 Å². The number of unbranched alkanes of at least 4 members (excludes halogenated alkanes) is 3. The molecule has 2 N–H and O–H groups in total. The number of aliphatic hydroxyl groups excluding tert-OH is 2. The second-order valence-electron chi connectivity index (χ2n) is 7.89. The molecule has 0 amide bonds. The van der Waals surface area contributed by atoms with Crippen LogP contribution >= 0.6 is 0 Å². The maximum Gasteiger partial charge on any atom is 0.305 e. The molecule has 167 valence electrons. The van der Waals surface area contributed by atoms with E-state index in [0.29, 0.717) is 12.8 Å². The third-order valence-electron chi connectivity index (χ3n) is 5.09. The molecular formula is C24H37O4Y3-. The molecule has 4 nitrogen and oxygen atoms in total. The molecule has 0 aliphatic heterocycles. The van der Waals surface area contributed by atoms with Crippen molar-refractivity contribution in [3.63, 3.8) is 0 Å². The van der Waals surface area contributed by atoms with Gasteiger partial charge in [0.05, 0.1) is 19.3 Å². The number of aliphatic hydroxyl groups is 2. The number of rotatable bonds is 13. The van der Waals surface area contributed by atoms with Crippen LogP contribution in [0.1, 0.15) is 76.8 Å². The molecular weight excluding hydrogens is 619 g/mol. The van der Waals surface area contributed by atoms with Crippen LogP contribution in [0.3, 0.4) is 0 Å². The first-order valence-corrected chi connectivity index (χ1v) is 10.4. The minimum atomic E-state index is -0.970. The van der Waals surface area contributed by atoms with Gasteiger partial charge in [-0.05, 0) is 18.4 Å². The number of esters is 1. The molecule has 0 spiro atoms. The van der Waals surface area contributed by atoms with E-state index in [4.69, 9.17) is 0 Å². The Labute approximate surface area is 264 Å². The topological polar surface area (TPSA) is 66.8 Å². The summed E-state index contributed by atoms with van der Waals surface area (Å²) in [6, 6.07) is 8.17. The SMILES string of the molecule is CCCCC[CH-]C(C)(C)c1ccccc1/C=C/C(O)C(O)CCCC(=O)OC.[Y].[Y].[Y]. The van der Waals surface area contributed by atoms with Gasteiger partial charge in [0.2, 0.25) is 0 Å². The first kappa shape index (κ1) is 37.2. The Hall–Kier alpha value is 1.66. The Morgan fingerprint density at radius 2 is 1.77 bits per heavy atom. The van der Waals surface area contributed by atoms with Crippen molar-refractivity contribution < 1.29 is 118 Å². The van der Waals surface area contributed by atoms with Gasteiger partial charge in [0.15, 0.2) is 0 Å². The quantitative estimate of drug-likeness (QED) is 0.182. The van der Waals surface area contributed by atoms with Crippen molar-refractivity contribution in [2.75, 3.05) is 7.11 Å². The number of ether oxygens (including phenoxy) is 1. The van der Waals surface area contributed by atoms with E-state index < -0.39 is 12.2 Å². The van der Waals surface area contributed by atoms with Crippen molar-refractivity contribution in [2.45, 2.75) is 83.3 Å². The predicted octanol–water partition coefficient (Wildman–Crippen LogP) is 4.82. The van der Waals surface area contributed by atoms with Crippen LogP contribution in [0.5, 0.6) is 0 Å². The van der Waals surface area contributed by atoms with Gasteiger partial charge in [-0.1, -0.05) is 82.0 Å². The van der Waals surface area contributed by atoms with Crippen LogP contribution in [0.25, 0.3) is 6.08 Å². The van der Waals surface area contributed by atoms with E-state index in [1.165, 1.54) is 31.9 Å². The third kappa shape index (κ3) is 15.3. The molecule has 1 rings (SSSR count). The average Bonchev–Trinajstić information content (AvgIpc) is 2.69. The summed E-state index contributed by atoms with van der Waals surface area (Å²) in [5, 5.41) is 20.4. The third-order valence-corrected chi connectivity index (χ3v) is 5.09. The molecule has 2 unspecified atom stereocenters. The Bertz CT molecular complexity index is 621. The fourth-order valence-corrected chi connectivity index (χ4v) is 3.26. The summed E-state index contributed by atoms with van der Waals surface area (Å²) in [5.74, 6) is -0.302. The minimum Gasteiger partial charge on any atom is -0.469 e. The van der Waals surface area contributed by atoms with Gasteiger partial charge in [-0.3, -0.25) is 4.79 Å². The first-order chi connectivity index (χ1) is 13.3. The molecule has 0 bridgehead atoms. The maximum absolute atomic E-state index is 11.1. The van der Waals surface area contributed by atoms with E-state index in [0.717, 1.165) is 12.0 Å². The van der Waals surface area contributed by atoms with Gasteiger partial charge in [-0.2, -0.15) is 6.42 Å². The molecule has 1 aromatic rings. The zero-order valence-electron chi connectivity index (χ0n) is 19.6. The van der Waals surface area contributed by atoms with Crippen LogP contribution < -0.4 is 0 Å². The van der Waals surface area contributed by atoms with Gasteiger partial charge in [0, 0.05) is 105 Å². The molecule has 0 aromatic heterocycles. The largest absolute Gasteiger partial charge is 0.469 e. The summed E-state index contributed by atoms with van der Waals surface area (Å²) in [6.07, 6.45) is 9.83. The van der Waals surface area contributed by atoms with Crippen LogP contribution in [-0.4, -0.2) is 35.5 Å². The molecule has 0 aliphatic carbocycles. The fourth-order valence-electron chi connectivity index (χ4n) is 3.26. The van der Waals surface area contributed by atoms with Crippen molar-refractivity contribution in [2.24, 2.45) is 0 Å². The van der Waals surface area contributed by atoms with Gasteiger partial charge in [-0.15, -0.1) is 5.41 Å². The number of hydrogen-bond donors (Lipinski definition) is 2. The van der Waals surface area contributed by atoms with Crippen LogP contribution in [0.2, 0.25) is 0 Å². The summed E-state index contributed by atoms with van der Waals surface area (Å²) >= 11 is 0. The fraction of sp³-hybridized carbons (Fsp3) is 0.583. The normalized spacial score (nSPS) is 12.8. The molecule has 7 heteroatoms. The second kappa shape index (κ2) is 21.0. The van der Waals surface area contributed by atoms with Crippen LogP contribution in [0.15, 0.2) is 30.3 Å². The zero-order valence-corrected chi connectivity index (χ0v) is 28.1. The van der Waals surface area contributed by atoms with E-state index in [9.17, 15) is 15.0 Å². The minimum absolute atomic E-state index is 0. The molecule has 31 heavy (non-hydrogen) atoms. The van der Waals surface area contributed by atoms with Crippen molar-refractivity contribution in [3.05, 3.63) is 47.9 Å². The number of methoxy groups -OCH3 is 1. The van der Waals surface area contributed by atoms with Crippen LogP contribution in [0.4, 0.5) is 0 Å². The van der Waals surface area contributed by atoms with Gasteiger partial charge in [0.1, 0.15) is 0 Å². The molecule has 1 aromatic carbocycles. The van der Waals surface area contributed by atoms with E-state index in [-0.39, 0.29) is 116 Å². The van der Waals surface area contributed by atoms with Gasteiger partial charge in [-0.25, -0.2) is 0 Å². The molecule has 2 atom stereocenters. The summed E-state index contributed by atoms with van der Waals surface area (Å²) in [7, 11) is 1.34. The maximum atomic E-state index is 11.1. The number of carbonyl (C=O) groups is 1. The first-order valence-electron chi connectivity index (χ1n) is 10.4. The van der Waals surface area contributed by atoms with E-state index in [1.807, 2.05) is 24.3 Å². The Balaban J connectivity index is -0.00000261. The molecule has 0 saturated carbocycles. The standard InChI is InChI=1S/C24H37O4.3Y/c1-5-6-7-10-18-24(2,3)20-13-9-8-12-19(20)16-17-22(26)21(25)14-11-15-23(27)28-4;;;/h8-9,12-13,16-18,21-22,25-26H,5-7,10-11,14-15H2,1-4H3;;;/q-1;;;/b17-16+;;;. The van der Waals surface area contributed by atoms with Crippen LogP contribution in [-0.2, 0) is 113 Å². The molecule has 0 fully saturated rings. The zero-order chi connectivity index (χ0) is 21.0. The van der Waals surface area contributed by atoms with Crippen molar-refractivity contribution in [3.8, 4) is 0 Å². The molecule has 0 heterocycles. The number of hydrogen-bond acceptors (Lipinski definition) is 4. The van der Waals surface area contributed by atoms with Gasteiger partial charge >= 0.3 is 5.97 Å². The van der Waals surface area contributed by atoms with Crippen molar-refractivity contribution in [1.29, 1.82) is 0 Å². The summed E-state index contributed by atoms with van der Waals surface area (Å²) in [5.41, 5.74) is 2.17. The Morgan fingerprint density at radius 1 is 1.13 bits per heavy atom. The summed E-state index contributed by atoms with van der Waals surface area (Å²) in [6.45, 7) is 6.63. The summed E-state index contributed by atoms with van der Waals surface area (Å²) < 4.78 is 4.58. The number of benzene rings is 1. The predicted molar refractivity (Wildman–Crippen MR) is 115 cm³/mol. The second-order valence-corrected chi connectivity index (χ2v) is 7.89. The van der Waals surface area contributed by atoms with Crippen molar-refractivity contribution >= 4 is 12.0 Å². The molecule has 0 saturated heterocycles. The summed E-state index contributed by atoms with van der Waals surface area (Å²) in [4.78, 5) is 11.1. The number of carbonyl (C=O) groups excluding carboxylic acids is 1. The van der Waals surface area contributed by atoms with Gasteiger partial charge in [0.25, 0.3) is 0 Å².